The van der Waals surface area contributed by atoms with E-state index in [1.165, 1.54) is 47.3 Å². The van der Waals surface area contributed by atoms with Crippen LogP contribution in [-0.2, 0) is 4.84 Å². The van der Waals surface area contributed by atoms with Gasteiger partial charge in [0.15, 0.2) is 0 Å². The summed E-state index contributed by atoms with van der Waals surface area (Å²) in [5.41, 5.74) is 5.62. The maximum Gasteiger partial charge on any atom is 0.436 e. The lowest BCUT2D eigenvalue weighted by molar-refractivity contribution is -0.0190. The fourth-order valence-electron chi connectivity index (χ4n) is 7.83. The van der Waals surface area contributed by atoms with Gasteiger partial charge in [-0.1, -0.05) is 36.7 Å². The summed E-state index contributed by atoms with van der Waals surface area (Å²) in [7, 11) is 0. The van der Waals surface area contributed by atoms with Crippen LogP contribution < -0.4 is 0 Å². The summed E-state index contributed by atoms with van der Waals surface area (Å²) in [6, 6.07) is 4.28. The highest BCUT2D eigenvalue weighted by Gasteiger charge is 2.57. The minimum atomic E-state index is -0.482. The molecule has 0 radical (unpaired) electrons. The van der Waals surface area contributed by atoms with E-state index in [1.807, 2.05) is 12.4 Å². The Hall–Kier alpha value is -1.85. The van der Waals surface area contributed by atoms with Crippen LogP contribution in [0.15, 0.2) is 47.4 Å². The molecule has 4 aliphatic rings. The van der Waals surface area contributed by atoms with E-state index in [9.17, 15) is 4.79 Å². The summed E-state index contributed by atoms with van der Waals surface area (Å²) >= 11 is 11.6. The summed E-state index contributed by atoms with van der Waals surface area (Å²) in [6.07, 6.45) is 16.1. The highest BCUT2D eigenvalue weighted by molar-refractivity contribution is 6.18. The van der Waals surface area contributed by atoms with E-state index >= 15 is 0 Å². The number of halogens is 2. The number of alkyl halides is 2. The van der Waals surface area contributed by atoms with Crippen LogP contribution in [0, 0.1) is 28.6 Å². The molecule has 0 aromatic carbocycles. The Morgan fingerprint density at radius 2 is 1.94 bits per heavy atom. The average molecular weight is 531 g/mol. The van der Waals surface area contributed by atoms with Crippen LogP contribution >= 0.6 is 23.2 Å². The fraction of sp³-hybridized carbons (Fsp3) is 0.621. The van der Waals surface area contributed by atoms with Gasteiger partial charge in [0.05, 0.1) is 5.71 Å². The van der Waals surface area contributed by atoms with Gasteiger partial charge in [0.2, 0.25) is 0 Å². The van der Waals surface area contributed by atoms with Gasteiger partial charge in [-0.15, -0.1) is 23.2 Å². The Labute approximate surface area is 224 Å². The van der Waals surface area contributed by atoms with E-state index in [0.29, 0.717) is 36.7 Å². The predicted octanol–water partition coefficient (Wildman–Crippen LogP) is 7.31. The summed E-state index contributed by atoms with van der Waals surface area (Å²) in [5, 5.41) is 4.25. The molecule has 7 heteroatoms. The Morgan fingerprint density at radius 3 is 2.67 bits per heavy atom. The highest BCUT2D eigenvalue weighted by atomic mass is 35.5. The first kappa shape index (κ1) is 25.8. The first-order valence-electron chi connectivity index (χ1n) is 13.4. The van der Waals surface area contributed by atoms with Gasteiger partial charge >= 0.3 is 6.09 Å². The summed E-state index contributed by atoms with van der Waals surface area (Å²) in [5.74, 6) is 2.83. The van der Waals surface area contributed by atoms with Crippen molar-refractivity contribution in [2.45, 2.75) is 58.8 Å². The molecular weight excluding hydrogens is 493 g/mol. The predicted molar refractivity (Wildman–Crippen MR) is 146 cm³/mol. The van der Waals surface area contributed by atoms with Crippen LogP contribution in [0.3, 0.4) is 0 Å². The minimum absolute atomic E-state index is 0.202. The number of allylic oxidation sites excluding steroid dienone is 4. The Balaban J connectivity index is 1.30. The van der Waals surface area contributed by atoms with E-state index in [4.69, 9.17) is 28.0 Å². The molecule has 1 amide bonds. The van der Waals surface area contributed by atoms with Gasteiger partial charge in [0, 0.05) is 37.2 Å². The van der Waals surface area contributed by atoms with Crippen molar-refractivity contribution in [2.75, 3.05) is 24.8 Å². The maximum atomic E-state index is 12.4. The van der Waals surface area contributed by atoms with Crippen molar-refractivity contribution in [3.05, 3.63) is 47.8 Å². The molecule has 0 N–H and O–H groups in total. The van der Waals surface area contributed by atoms with Gasteiger partial charge in [0.1, 0.15) is 0 Å². The average Bonchev–Trinajstić information content (AvgIpc) is 3.25. The zero-order valence-corrected chi connectivity index (χ0v) is 22.9. The van der Waals surface area contributed by atoms with Crippen molar-refractivity contribution >= 4 is 40.6 Å². The number of carbonyl (C=O) groups excluding carboxylic acids is 1. The summed E-state index contributed by atoms with van der Waals surface area (Å²) in [4.78, 5) is 23.6. The normalized spacial score (nSPS) is 34.2. The second kappa shape index (κ2) is 10.5. The molecule has 36 heavy (non-hydrogen) atoms. The summed E-state index contributed by atoms with van der Waals surface area (Å²) < 4.78 is 0. The van der Waals surface area contributed by atoms with E-state index in [0.717, 1.165) is 30.9 Å². The van der Waals surface area contributed by atoms with Gasteiger partial charge in [-0.3, -0.25) is 9.82 Å². The third-order valence-corrected chi connectivity index (χ3v) is 10.1. The number of fused-ring (bicyclic) bond motifs is 5. The monoisotopic (exact) mass is 529 g/mol. The molecule has 5 atom stereocenters. The second-order valence-corrected chi connectivity index (χ2v) is 12.1. The van der Waals surface area contributed by atoms with Crippen molar-refractivity contribution in [2.24, 2.45) is 33.7 Å². The number of nitrogens with zero attached hydrogens (tertiary/aromatic N) is 3. The fourth-order valence-corrected chi connectivity index (χ4v) is 8.24. The van der Waals surface area contributed by atoms with E-state index < -0.39 is 6.09 Å². The van der Waals surface area contributed by atoms with Crippen LogP contribution in [0.1, 0.15) is 64.4 Å². The molecule has 5 rings (SSSR count). The molecule has 1 aromatic rings. The second-order valence-electron chi connectivity index (χ2n) is 11.4. The highest BCUT2D eigenvalue weighted by Crippen LogP contribution is 2.66. The molecule has 0 bridgehead atoms. The standard InChI is InChI=1S/C29H37Cl2N3O2/c1-28-11-9-22(33-36-27(35)34(16-13-30)17-14-31)18-21(28)5-6-23-25-8-7-24(20-4-3-15-32-19-20)29(25,2)12-10-26(23)28/h3-4,7,15,18-19,23,25-26H,5-6,8-14,16-17H2,1-2H3/t23-,25+,26+,28+,29-/m1/s1. The zero-order chi connectivity index (χ0) is 25.3. The number of hydrogen-bond donors (Lipinski definition) is 0. The molecule has 0 saturated heterocycles. The van der Waals surface area contributed by atoms with Crippen LogP contribution in [0.25, 0.3) is 5.57 Å². The molecule has 2 saturated carbocycles. The molecule has 1 heterocycles. The molecule has 5 nitrogen and oxygen atoms in total. The van der Waals surface area contributed by atoms with Crippen LogP contribution in [0.2, 0.25) is 0 Å². The number of oxime groups is 1. The van der Waals surface area contributed by atoms with Crippen molar-refractivity contribution in [3.63, 3.8) is 0 Å². The van der Waals surface area contributed by atoms with E-state index in [2.05, 4.69) is 48.3 Å². The third-order valence-electron chi connectivity index (χ3n) is 9.74. The van der Waals surface area contributed by atoms with Crippen molar-refractivity contribution in [1.29, 1.82) is 0 Å². The largest absolute Gasteiger partial charge is 0.436 e. The number of rotatable bonds is 6. The smallest absolute Gasteiger partial charge is 0.304 e. The number of amides is 1. The number of hydrogen-bond acceptors (Lipinski definition) is 4. The first-order valence-corrected chi connectivity index (χ1v) is 14.4. The van der Waals surface area contributed by atoms with E-state index in [-0.39, 0.29) is 10.8 Å². The van der Waals surface area contributed by atoms with Crippen LogP contribution in [-0.4, -0.2) is 46.5 Å². The minimum Gasteiger partial charge on any atom is -0.304 e. The number of carbonyl (C=O) groups is 1. The lowest BCUT2D eigenvalue weighted by Crippen LogP contribution is -2.49. The maximum absolute atomic E-state index is 12.4. The topological polar surface area (TPSA) is 54.8 Å². The quantitative estimate of drug-likeness (QED) is 0.220. The van der Waals surface area contributed by atoms with Gasteiger partial charge in [0.25, 0.3) is 0 Å². The van der Waals surface area contributed by atoms with Gasteiger partial charge < -0.3 is 4.90 Å². The SMILES string of the molecule is C[C@]12CCC(=NOC(=O)N(CCCl)CCCl)C=C1CC[C@H]1[C@@H]2CC[C@]2(C)C(c3cccnc3)=CC[C@@H]12. The third kappa shape index (κ3) is 4.51. The zero-order valence-electron chi connectivity index (χ0n) is 21.4. The van der Waals surface area contributed by atoms with Gasteiger partial charge in [-0.2, -0.15) is 0 Å². The van der Waals surface area contributed by atoms with E-state index in [1.54, 1.807) is 0 Å². The molecule has 1 aromatic heterocycles. The first-order chi connectivity index (χ1) is 17.4. The number of aromatic nitrogens is 1. The molecule has 4 aliphatic carbocycles. The van der Waals surface area contributed by atoms with Gasteiger partial charge in [-0.05, 0) is 96.8 Å². The van der Waals surface area contributed by atoms with Crippen LogP contribution in [0.4, 0.5) is 4.79 Å². The molecule has 2 fully saturated rings. The Kier molecular flexibility index (Phi) is 7.51. The number of pyridine rings is 1. The summed E-state index contributed by atoms with van der Waals surface area (Å²) in [6.45, 7) is 5.79. The lowest BCUT2D eigenvalue weighted by Gasteiger charge is -2.58. The lowest BCUT2D eigenvalue weighted by atomic mass is 9.46. The van der Waals surface area contributed by atoms with Crippen molar-refractivity contribution < 1.29 is 9.63 Å². The molecule has 194 valence electrons. The van der Waals surface area contributed by atoms with Crippen molar-refractivity contribution in [1.82, 2.24) is 9.88 Å². The van der Waals surface area contributed by atoms with Crippen molar-refractivity contribution in [3.8, 4) is 0 Å². The molecule has 0 spiro atoms. The molecule has 0 unspecified atom stereocenters. The molecule has 0 aliphatic heterocycles. The van der Waals surface area contributed by atoms with Crippen LogP contribution in [0.5, 0.6) is 0 Å². The molecular formula is C29H37Cl2N3O2. The van der Waals surface area contributed by atoms with Gasteiger partial charge in [-0.25, -0.2) is 4.79 Å². The Bertz CT molecular complexity index is 1070. The Morgan fingerprint density at radius 1 is 1.14 bits per heavy atom.